The molecule has 0 aromatic heterocycles. The number of thioether (sulfide) groups is 1. The van der Waals surface area contributed by atoms with E-state index in [1.807, 2.05) is 18.7 Å². The Balaban J connectivity index is 3.45. The largest absolute Gasteiger partial charge is 0.324 e. The lowest BCUT2D eigenvalue weighted by Gasteiger charge is -2.13. The quantitative estimate of drug-likeness (QED) is 0.646. The normalized spacial score (nSPS) is 16.0. The molecule has 2 unspecified atom stereocenters. The third kappa shape index (κ3) is 5.33. The summed E-state index contributed by atoms with van der Waals surface area (Å²) in [5.74, 6) is 1.00. The highest BCUT2D eigenvalue weighted by Crippen LogP contribution is 2.15. The smallest absolute Gasteiger partial charge is 0.0340 e. The van der Waals surface area contributed by atoms with Crippen molar-refractivity contribution >= 4 is 11.8 Å². The van der Waals surface area contributed by atoms with Gasteiger partial charge in [0.2, 0.25) is 0 Å². The van der Waals surface area contributed by atoms with E-state index in [2.05, 4.69) is 20.4 Å². The van der Waals surface area contributed by atoms with Crippen molar-refractivity contribution in [3.05, 3.63) is 12.2 Å². The molecule has 0 aromatic rings. The van der Waals surface area contributed by atoms with Crippen LogP contribution in [-0.2, 0) is 0 Å². The Morgan fingerprint density at radius 2 is 2.18 bits per heavy atom. The monoisotopic (exact) mass is 173 g/mol. The average Bonchev–Trinajstić information content (AvgIpc) is 1.99. The van der Waals surface area contributed by atoms with E-state index in [0.717, 1.165) is 16.6 Å². The standard InChI is InChI=1S/C9H19NS/c1-5-8(4)11-6-9(10)7(2)3/h8-9H,2,5-6,10H2,1,3-4H3. The Bertz CT molecular complexity index is 123. The van der Waals surface area contributed by atoms with E-state index in [9.17, 15) is 0 Å². The van der Waals surface area contributed by atoms with E-state index in [4.69, 9.17) is 5.73 Å². The Labute approximate surface area is 74.4 Å². The van der Waals surface area contributed by atoms with Crippen LogP contribution in [0.2, 0.25) is 0 Å². The highest BCUT2D eigenvalue weighted by atomic mass is 32.2. The maximum atomic E-state index is 5.80. The van der Waals surface area contributed by atoms with Gasteiger partial charge in [-0.25, -0.2) is 0 Å². The van der Waals surface area contributed by atoms with Gasteiger partial charge in [-0.3, -0.25) is 0 Å². The molecule has 0 aliphatic heterocycles. The second kappa shape index (κ2) is 5.67. The molecule has 2 heteroatoms. The highest BCUT2D eigenvalue weighted by Gasteiger charge is 2.05. The molecule has 66 valence electrons. The van der Waals surface area contributed by atoms with Crippen LogP contribution in [0.3, 0.4) is 0 Å². The molecule has 0 aromatic carbocycles. The molecule has 0 aliphatic rings. The molecule has 1 nitrogen and oxygen atoms in total. The topological polar surface area (TPSA) is 26.0 Å². The van der Waals surface area contributed by atoms with Crippen LogP contribution in [0, 0.1) is 0 Å². The van der Waals surface area contributed by atoms with Gasteiger partial charge in [0.1, 0.15) is 0 Å². The molecule has 0 saturated heterocycles. The predicted octanol–water partition coefficient (Wildman–Crippen LogP) is 2.42. The summed E-state index contributed by atoms with van der Waals surface area (Å²) in [6.07, 6.45) is 1.22. The number of nitrogens with two attached hydrogens (primary N) is 1. The van der Waals surface area contributed by atoms with E-state index in [1.165, 1.54) is 6.42 Å². The highest BCUT2D eigenvalue weighted by molar-refractivity contribution is 7.99. The summed E-state index contributed by atoms with van der Waals surface area (Å²) < 4.78 is 0. The van der Waals surface area contributed by atoms with Gasteiger partial charge in [-0.1, -0.05) is 26.0 Å². The molecule has 0 saturated carbocycles. The summed E-state index contributed by atoms with van der Waals surface area (Å²) in [7, 11) is 0. The van der Waals surface area contributed by atoms with Crippen LogP contribution < -0.4 is 5.73 Å². The van der Waals surface area contributed by atoms with Gasteiger partial charge in [0.15, 0.2) is 0 Å². The molecule has 0 bridgehead atoms. The molecule has 0 radical (unpaired) electrons. The Kier molecular flexibility index (Phi) is 5.69. The lowest BCUT2D eigenvalue weighted by atomic mass is 10.2. The first-order valence-corrected chi connectivity index (χ1v) is 5.15. The molecular formula is C9H19NS. The zero-order valence-electron chi connectivity index (χ0n) is 7.76. The van der Waals surface area contributed by atoms with Crippen molar-refractivity contribution in [3.63, 3.8) is 0 Å². The van der Waals surface area contributed by atoms with Crippen LogP contribution in [0.4, 0.5) is 0 Å². The molecule has 2 atom stereocenters. The zero-order chi connectivity index (χ0) is 8.85. The van der Waals surface area contributed by atoms with Gasteiger partial charge in [0.25, 0.3) is 0 Å². The Morgan fingerprint density at radius 1 is 1.64 bits per heavy atom. The molecule has 0 spiro atoms. The molecule has 0 heterocycles. The molecule has 11 heavy (non-hydrogen) atoms. The van der Waals surface area contributed by atoms with Crippen molar-refractivity contribution in [3.8, 4) is 0 Å². The lowest BCUT2D eigenvalue weighted by molar-refractivity contribution is 0.858. The van der Waals surface area contributed by atoms with E-state index in [1.54, 1.807) is 0 Å². The first kappa shape index (κ1) is 11.1. The Hall–Kier alpha value is 0.0500. The summed E-state index contributed by atoms with van der Waals surface area (Å²) >= 11 is 1.93. The second-order valence-electron chi connectivity index (χ2n) is 3.01. The molecular weight excluding hydrogens is 154 g/mol. The summed E-state index contributed by atoms with van der Waals surface area (Å²) in [4.78, 5) is 0. The van der Waals surface area contributed by atoms with Crippen molar-refractivity contribution < 1.29 is 0 Å². The van der Waals surface area contributed by atoms with Crippen LogP contribution >= 0.6 is 11.8 Å². The summed E-state index contributed by atoms with van der Waals surface area (Å²) in [5, 5.41) is 0.723. The van der Waals surface area contributed by atoms with Gasteiger partial charge >= 0.3 is 0 Å². The minimum atomic E-state index is 0.175. The van der Waals surface area contributed by atoms with Crippen molar-refractivity contribution in [2.45, 2.75) is 38.5 Å². The molecule has 0 amide bonds. The fourth-order valence-corrected chi connectivity index (χ4v) is 1.58. The van der Waals surface area contributed by atoms with Gasteiger partial charge in [0, 0.05) is 17.0 Å². The first-order chi connectivity index (χ1) is 5.07. The molecule has 0 rings (SSSR count). The van der Waals surface area contributed by atoms with Crippen molar-refractivity contribution in [2.24, 2.45) is 5.73 Å². The van der Waals surface area contributed by atoms with E-state index in [-0.39, 0.29) is 6.04 Å². The van der Waals surface area contributed by atoms with E-state index >= 15 is 0 Å². The van der Waals surface area contributed by atoms with Crippen LogP contribution in [0.1, 0.15) is 27.2 Å². The zero-order valence-corrected chi connectivity index (χ0v) is 8.58. The van der Waals surface area contributed by atoms with Crippen LogP contribution in [0.5, 0.6) is 0 Å². The van der Waals surface area contributed by atoms with E-state index < -0.39 is 0 Å². The fourth-order valence-electron chi connectivity index (χ4n) is 0.528. The van der Waals surface area contributed by atoms with Gasteiger partial charge in [-0.15, -0.1) is 0 Å². The average molecular weight is 173 g/mol. The van der Waals surface area contributed by atoms with E-state index in [0.29, 0.717) is 0 Å². The maximum absolute atomic E-state index is 5.80. The summed E-state index contributed by atoms with van der Waals surface area (Å²) in [5.41, 5.74) is 6.88. The van der Waals surface area contributed by atoms with Crippen LogP contribution in [-0.4, -0.2) is 17.0 Å². The predicted molar refractivity (Wildman–Crippen MR) is 55.0 cm³/mol. The van der Waals surface area contributed by atoms with Crippen molar-refractivity contribution in [1.29, 1.82) is 0 Å². The van der Waals surface area contributed by atoms with Gasteiger partial charge in [-0.2, -0.15) is 11.8 Å². The first-order valence-electron chi connectivity index (χ1n) is 4.10. The Morgan fingerprint density at radius 3 is 2.55 bits per heavy atom. The molecule has 0 aliphatic carbocycles. The number of hydrogen-bond acceptors (Lipinski definition) is 2. The maximum Gasteiger partial charge on any atom is 0.0340 e. The number of hydrogen-bond donors (Lipinski definition) is 1. The van der Waals surface area contributed by atoms with Crippen LogP contribution in [0.25, 0.3) is 0 Å². The number of rotatable bonds is 5. The van der Waals surface area contributed by atoms with Gasteiger partial charge in [0.05, 0.1) is 0 Å². The minimum Gasteiger partial charge on any atom is -0.324 e. The van der Waals surface area contributed by atoms with Crippen molar-refractivity contribution in [1.82, 2.24) is 0 Å². The van der Waals surface area contributed by atoms with Crippen LogP contribution in [0.15, 0.2) is 12.2 Å². The third-order valence-electron chi connectivity index (χ3n) is 1.77. The fraction of sp³-hybridized carbons (Fsp3) is 0.778. The summed E-state index contributed by atoms with van der Waals surface area (Å²) in [6, 6.07) is 0.175. The minimum absolute atomic E-state index is 0.175. The van der Waals surface area contributed by atoms with Gasteiger partial charge in [-0.05, 0) is 13.3 Å². The molecule has 2 N–H and O–H groups in total. The third-order valence-corrected chi connectivity index (χ3v) is 3.22. The van der Waals surface area contributed by atoms with Crippen molar-refractivity contribution in [2.75, 3.05) is 5.75 Å². The SMILES string of the molecule is C=C(C)C(N)CSC(C)CC. The van der Waals surface area contributed by atoms with Gasteiger partial charge < -0.3 is 5.73 Å². The molecule has 0 fully saturated rings. The second-order valence-corrected chi connectivity index (χ2v) is 4.48. The lowest BCUT2D eigenvalue weighted by Crippen LogP contribution is -2.24. The summed E-state index contributed by atoms with van der Waals surface area (Å²) in [6.45, 7) is 10.2.